The van der Waals surface area contributed by atoms with Gasteiger partial charge in [0.25, 0.3) is 0 Å². The van der Waals surface area contributed by atoms with Crippen molar-refractivity contribution in [3.8, 4) is 0 Å². The van der Waals surface area contributed by atoms with Crippen LogP contribution in [0.15, 0.2) is 17.8 Å². The lowest BCUT2D eigenvalue weighted by Gasteiger charge is -2.02. The van der Waals surface area contributed by atoms with Gasteiger partial charge in [0.15, 0.2) is 0 Å². The summed E-state index contributed by atoms with van der Waals surface area (Å²) in [7, 11) is 0. The van der Waals surface area contributed by atoms with Crippen molar-refractivity contribution in [2.45, 2.75) is 25.7 Å². The summed E-state index contributed by atoms with van der Waals surface area (Å²) in [6, 6.07) is 0. The van der Waals surface area contributed by atoms with Crippen LogP contribution in [-0.4, -0.2) is 19.0 Å². The minimum absolute atomic E-state index is 0.0497. The van der Waals surface area contributed by atoms with E-state index in [1.807, 2.05) is 0 Å². The van der Waals surface area contributed by atoms with Gasteiger partial charge in [-0.25, -0.2) is 0 Å². The highest BCUT2D eigenvalue weighted by Crippen LogP contribution is 1.91. The Morgan fingerprint density at radius 3 is 3.00 bits per heavy atom. The number of unbranched alkanes of at least 4 members (excludes halogenated alkanes) is 1. The monoisotopic (exact) mass is 196 g/mol. The molecule has 0 aromatic carbocycles. The second-order valence-electron chi connectivity index (χ2n) is 2.84. The predicted molar refractivity (Wildman–Crippen MR) is 55.7 cm³/mol. The Labute approximate surface area is 83.8 Å². The molecule has 14 heavy (non-hydrogen) atoms. The number of carbonyl (C=O) groups is 1. The van der Waals surface area contributed by atoms with E-state index in [4.69, 9.17) is 5.53 Å². The molecule has 5 heteroatoms. The normalized spacial score (nSPS) is 8.86. The Morgan fingerprint density at radius 2 is 2.36 bits per heavy atom. The van der Waals surface area contributed by atoms with Crippen LogP contribution in [0.4, 0.5) is 0 Å². The van der Waals surface area contributed by atoms with Gasteiger partial charge in [-0.05, 0) is 24.8 Å². The molecule has 0 heterocycles. The lowest BCUT2D eigenvalue weighted by Crippen LogP contribution is -2.23. The van der Waals surface area contributed by atoms with Crippen LogP contribution in [0.3, 0.4) is 0 Å². The zero-order valence-corrected chi connectivity index (χ0v) is 8.28. The fourth-order valence-electron chi connectivity index (χ4n) is 0.902. The lowest BCUT2D eigenvalue weighted by atomic mass is 10.2. The second-order valence-corrected chi connectivity index (χ2v) is 2.84. The van der Waals surface area contributed by atoms with Crippen LogP contribution in [0.1, 0.15) is 25.7 Å². The molecule has 0 atom stereocenters. The summed E-state index contributed by atoms with van der Waals surface area (Å²) in [6.07, 6.45) is 4.59. The fourth-order valence-corrected chi connectivity index (χ4v) is 0.902. The van der Waals surface area contributed by atoms with E-state index < -0.39 is 0 Å². The molecule has 0 bridgehead atoms. The van der Waals surface area contributed by atoms with Gasteiger partial charge >= 0.3 is 0 Å². The number of azide groups is 1. The van der Waals surface area contributed by atoms with Crippen LogP contribution in [0.5, 0.6) is 0 Å². The first-order valence-electron chi connectivity index (χ1n) is 4.69. The Bertz CT molecular complexity index is 221. The third kappa shape index (κ3) is 8.62. The van der Waals surface area contributed by atoms with Crippen molar-refractivity contribution in [2.24, 2.45) is 5.11 Å². The number of rotatable bonds is 8. The number of hydrogen-bond donors (Lipinski definition) is 1. The minimum atomic E-state index is 0.0497. The van der Waals surface area contributed by atoms with Crippen molar-refractivity contribution in [3.05, 3.63) is 23.1 Å². The van der Waals surface area contributed by atoms with E-state index in [9.17, 15) is 4.79 Å². The van der Waals surface area contributed by atoms with E-state index in [0.29, 0.717) is 25.9 Å². The van der Waals surface area contributed by atoms with Crippen LogP contribution >= 0.6 is 0 Å². The first kappa shape index (κ1) is 12.5. The highest BCUT2D eigenvalue weighted by atomic mass is 16.1. The van der Waals surface area contributed by atoms with Crippen LogP contribution < -0.4 is 5.32 Å². The molecule has 0 aliphatic heterocycles. The zero-order valence-electron chi connectivity index (χ0n) is 8.28. The van der Waals surface area contributed by atoms with Gasteiger partial charge in [0.2, 0.25) is 5.91 Å². The van der Waals surface area contributed by atoms with Crippen molar-refractivity contribution in [1.29, 1.82) is 0 Å². The topological polar surface area (TPSA) is 77.9 Å². The van der Waals surface area contributed by atoms with Crippen LogP contribution in [0.2, 0.25) is 0 Å². The van der Waals surface area contributed by atoms with E-state index in [0.717, 1.165) is 12.8 Å². The van der Waals surface area contributed by atoms with Crippen LogP contribution in [0, 0.1) is 0 Å². The van der Waals surface area contributed by atoms with Gasteiger partial charge in [0.05, 0.1) is 0 Å². The van der Waals surface area contributed by atoms with Gasteiger partial charge in [-0.2, -0.15) is 0 Å². The van der Waals surface area contributed by atoms with Crippen molar-refractivity contribution >= 4 is 5.91 Å². The van der Waals surface area contributed by atoms with Gasteiger partial charge in [0, 0.05) is 24.4 Å². The van der Waals surface area contributed by atoms with Crippen molar-refractivity contribution in [3.63, 3.8) is 0 Å². The third-order valence-corrected chi connectivity index (χ3v) is 1.65. The number of carbonyl (C=O) groups excluding carboxylic acids is 1. The number of nitrogens with one attached hydrogen (secondary N) is 1. The van der Waals surface area contributed by atoms with Gasteiger partial charge in [0.1, 0.15) is 0 Å². The Morgan fingerprint density at radius 1 is 1.57 bits per heavy atom. The summed E-state index contributed by atoms with van der Waals surface area (Å²) in [5.41, 5.74) is 7.99. The maximum atomic E-state index is 11.0. The Balaban J connectivity index is 3.22. The molecule has 1 N–H and O–H groups in total. The van der Waals surface area contributed by atoms with Gasteiger partial charge in [-0.15, -0.1) is 6.58 Å². The van der Waals surface area contributed by atoms with Gasteiger partial charge in [-0.3, -0.25) is 4.79 Å². The number of allylic oxidation sites excluding steroid dienone is 1. The molecule has 0 aromatic heterocycles. The van der Waals surface area contributed by atoms with Crippen molar-refractivity contribution in [2.75, 3.05) is 13.1 Å². The molecule has 0 unspecified atom stereocenters. The average Bonchev–Trinajstić information content (AvgIpc) is 2.20. The quantitative estimate of drug-likeness (QED) is 0.208. The smallest absolute Gasteiger partial charge is 0.220 e. The van der Waals surface area contributed by atoms with Crippen LogP contribution in [0.25, 0.3) is 10.4 Å². The summed E-state index contributed by atoms with van der Waals surface area (Å²) >= 11 is 0. The van der Waals surface area contributed by atoms with E-state index in [1.54, 1.807) is 6.08 Å². The fraction of sp³-hybridized carbons (Fsp3) is 0.667. The maximum Gasteiger partial charge on any atom is 0.220 e. The van der Waals surface area contributed by atoms with Crippen LogP contribution in [-0.2, 0) is 4.79 Å². The summed E-state index contributed by atoms with van der Waals surface area (Å²) in [6.45, 7) is 4.69. The Hall–Kier alpha value is -1.48. The Kier molecular flexibility index (Phi) is 8.59. The molecule has 0 saturated heterocycles. The van der Waals surface area contributed by atoms with E-state index in [-0.39, 0.29) is 5.91 Å². The molecule has 0 rings (SSSR count). The van der Waals surface area contributed by atoms with Crippen molar-refractivity contribution in [1.82, 2.24) is 5.32 Å². The summed E-state index contributed by atoms with van der Waals surface area (Å²) in [5.74, 6) is 0.0497. The molecular formula is C9H16N4O. The summed E-state index contributed by atoms with van der Waals surface area (Å²) in [5, 5.41) is 6.17. The minimum Gasteiger partial charge on any atom is -0.356 e. The van der Waals surface area contributed by atoms with Gasteiger partial charge in [-0.1, -0.05) is 11.2 Å². The van der Waals surface area contributed by atoms with Gasteiger partial charge < -0.3 is 5.32 Å². The average molecular weight is 196 g/mol. The molecule has 0 fully saturated rings. The molecule has 0 aliphatic rings. The third-order valence-electron chi connectivity index (χ3n) is 1.65. The van der Waals surface area contributed by atoms with Crippen molar-refractivity contribution < 1.29 is 4.79 Å². The molecule has 5 nitrogen and oxygen atoms in total. The molecule has 0 aromatic rings. The molecule has 0 spiro atoms. The lowest BCUT2D eigenvalue weighted by molar-refractivity contribution is -0.121. The zero-order chi connectivity index (χ0) is 10.6. The molecule has 78 valence electrons. The summed E-state index contributed by atoms with van der Waals surface area (Å²) in [4.78, 5) is 13.7. The highest BCUT2D eigenvalue weighted by molar-refractivity contribution is 5.75. The number of hydrogen-bond acceptors (Lipinski definition) is 2. The van der Waals surface area contributed by atoms with E-state index >= 15 is 0 Å². The largest absolute Gasteiger partial charge is 0.356 e. The number of amides is 1. The SMILES string of the molecule is C=CCCC(=O)NCCCCN=[N+]=[N-]. The molecular weight excluding hydrogens is 180 g/mol. The summed E-state index contributed by atoms with van der Waals surface area (Å²) < 4.78 is 0. The molecule has 0 radical (unpaired) electrons. The standard InChI is InChI=1S/C9H16N4O/c1-2-3-6-9(14)11-7-4-5-8-12-13-10/h2H,1,3-8H2,(H,11,14). The highest BCUT2D eigenvalue weighted by Gasteiger charge is 1.97. The first-order valence-corrected chi connectivity index (χ1v) is 4.69. The first-order chi connectivity index (χ1) is 6.81. The second kappa shape index (κ2) is 9.61. The molecule has 0 saturated carbocycles. The molecule has 1 amide bonds. The predicted octanol–water partition coefficient (Wildman–Crippen LogP) is 2.16. The number of nitrogens with zero attached hydrogens (tertiary/aromatic N) is 3. The van der Waals surface area contributed by atoms with E-state index in [1.165, 1.54) is 0 Å². The maximum absolute atomic E-state index is 11.0. The van der Waals surface area contributed by atoms with E-state index in [2.05, 4.69) is 21.9 Å². The molecule has 0 aliphatic carbocycles.